The second-order valence-electron chi connectivity index (χ2n) is 3.32. The van der Waals surface area contributed by atoms with E-state index < -0.39 is 24.6 Å². The summed E-state index contributed by atoms with van der Waals surface area (Å²) < 4.78 is 39.9. The molecule has 0 spiro atoms. The number of anilines is 1. The molecule has 1 heterocycles. The van der Waals surface area contributed by atoms with E-state index in [2.05, 4.69) is 9.72 Å². The predicted octanol–water partition coefficient (Wildman–Crippen LogP) is 0.648. The van der Waals surface area contributed by atoms with Gasteiger partial charge in [-0.2, -0.15) is 4.98 Å². The molecular weight excluding hydrogens is 255 g/mol. The molecule has 0 aromatic carbocycles. The van der Waals surface area contributed by atoms with Gasteiger partial charge >= 0.3 is 12.3 Å². The minimum atomic E-state index is -4.98. The van der Waals surface area contributed by atoms with Crippen LogP contribution in [0.3, 0.4) is 0 Å². The van der Waals surface area contributed by atoms with Crippen LogP contribution < -0.4 is 16.2 Å². The maximum atomic E-state index is 12.1. The van der Waals surface area contributed by atoms with Crippen LogP contribution in [-0.4, -0.2) is 22.4 Å². The number of hydrogen-bond acceptors (Lipinski definition) is 5. The minimum Gasteiger partial charge on any atom is -0.481 e. The van der Waals surface area contributed by atoms with Crippen LogP contribution in [0.25, 0.3) is 0 Å². The normalized spacial score (nSPS) is 11.3. The van der Waals surface area contributed by atoms with Gasteiger partial charge < -0.3 is 21.3 Å². The van der Waals surface area contributed by atoms with Gasteiger partial charge in [0.05, 0.1) is 6.42 Å². The topological polar surface area (TPSA) is 111 Å². The number of nitrogens with zero attached hydrogens (tertiary/aromatic N) is 1. The van der Waals surface area contributed by atoms with Crippen LogP contribution >= 0.6 is 0 Å². The molecule has 18 heavy (non-hydrogen) atoms. The Morgan fingerprint density at radius 1 is 1.44 bits per heavy atom. The third-order valence-electron chi connectivity index (χ3n) is 1.95. The highest BCUT2D eigenvalue weighted by Crippen LogP contribution is 2.27. The van der Waals surface area contributed by atoms with E-state index in [9.17, 15) is 18.0 Å². The first-order chi connectivity index (χ1) is 8.23. The number of pyridine rings is 1. The molecule has 1 aromatic rings. The van der Waals surface area contributed by atoms with Crippen molar-refractivity contribution in [3.8, 4) is 5.88 Å². The number of carboxylic acids is 1. The number of hydrogen-bond donors (Lipinski definition) is 3. The molecule has 0 bridgehead atoms. The van der Waals surface area contributed by atoms with Crippen LogP contribution in [0.1, 0.15) is 11.1 Å². The third-order valence-corrected chi connectivity index (χ3v) is 1.95. The summed E-state index contributed by atoms with van der Waals surface area (Å²) in [5, 5.41) is 8.60. The molecule has 0 aliphatic rings. The Morgan fingerprint density at radius 2 is 2.06 bits per heavy atom. The number of rotatable bonds is 4. The van der Waals surface area contributed by atoms with Crippen molar-refractivity contribution in [3.05, 3.63) is 17.2 Å². The van der Waals surface area contributed by atoms with E-state index in [4.69, 9.17) is 16.6 Å². The SMILES string of the molecule is NCc1cc(CC(=O)O)c(OC(F)(F)F)nc1N. The number of halogens is 3. The lowest BCUT2D eigenvalue weighted by molar-refractivity contribution is -0.276. The van der Waals surface area contributed by atoms with Crippen molar-refractivity contribution >= 4 is 11.8 Å². The molecule has 6 nitrogen and oxygen atoms in total. The predicted molar refractivity (Wildman–Crippen MR) is 54.6 cm³/mol. The van der Waals surface area contributed by atoms with Crippen molar-refractivity contribution in [2.24, 2.45) is 5.73 Å². The maximum absolute atomic E-state index is 12.1. The summed E-state index contributed by atoms with van der Waals surface area (Å²) in [5.74, 6) is -2.43. The van der Waals surface area contributed by atoms with E-state index in [1.165, 1.54) is 0 Å². The van der Waals surface area contributed by atoms with Crippen LogP contribution in [0.5, 0.6) is 5.88 Å². The van der Waals surface area contributed by atoms with Gasteiger partial charge in [-0.15, -0.1) is 13.2 Å². The zero-order valence-electron chi connectivity index (χ0n) is 8.99. The number of nitrogens with two attached hydrogens (primary N) is 2. The Kier molecular flexibility index (Phi) is 3.96. The summed E-state index contributed by atoms with van der Waals surface area (Å²) in [6.07, 6.45) is -5.65. The highest BCUT2D eigenvalue weighted by atomic mass is 19.4. The van der Waals surface area contributed by atoms with Gasteiger partial charge in [0.25, 0.3) is 0 Å². The van der Waals surface area contributed by atoms with Gasteiger partial charge in [0, 0.05) is 17.7 Å². The molecule has 0 aliphatic heterocycles. The lowest BCUT2D eigenvalue weighted by Crippen LogP contribution is -2.20. The first-order valence-corrected chi connectivity index (χ1v) is 4.69. The number of alkyl halides is 3. The van der Waals surface area contributed by atoms with E-state index in [0.717, 1.165) is 6.07 Å². The first kappa shape index (κ1) is 14.0. The fourth-order valence-electron chi connectivity index (χ4n) is 1.25. The van der Waals surface area contributed by atoms with Gasteiger partial charge in [0.1, 0.15) is 5.82 Å². The molecule has 1 rings (SSSR count). The van der Waals surface area contributed by atoms with E-state index in [-0.39, 0.29) is 23.5 Å². The largest absolute Gasteiger partial charge is 0.574 e. The van der Waals surface area contributed by atoms with E-state index in [0.29, 0.717) is 0 Å². The Bertz CT molecular complexity index is 462. The zero-order chi connectivity index (χ0) is 13.9. The smallest absolute Gasteiger partial charge is 0.481 e. The van der Waals surface area contributed by atoms with Crippen molar-refractivity contribution in [2.45, 2.75) is 19.3 Å². The highest BCUT2D eigenvalue weighted by Gasteiger charge is 2.33. The number of nitrogen functional groups attached to an aromatic ring is 1. The zero-order valence-corrected chi connectivity index (χ0v) is 8.99. The van der Waals surface area contributed by atoms with E-state index >= 15 is 0 Å². The van der Waals surface area contributed by atoms with E-state index in [1.54, 1.807) is 0 Å². The fourth-order valence-corrected chi connectivity index (χ4v) is 1.25. The summed E-state index contributed by atoms with van der Waals surface area (Å²) in [6.45, 7) is -0.0717. The average molecular weight is 265 g/mol. The molecule has 0 saturated heterocycles. The van der Waals surface area contributed by atoms with Crippen LogP contribution in [-0.2, 0) is 17.8 Å². The minimum absolute atomic E-state index is 0.0717. The van der Waals surface area contributed by atoms with Crippen molar-refractivity contribution in [1.82, 2.24) is 4.98 Å². The second kappa shape index (κ2) is 5.08. The fraction of sp³-hybridized carbons (Fsp3) is 0.333. The molecule has 0 saturated carbocycles. The molecule has 0 unspecified atom stereocenters. The number of carbonyl (C=O) groups is 1. The van der Waals surface area contributed by atoms with Gasteiger partial charge in [-0.05, 0) is 6.07 Å². The lowest BCUT2D eigenvalue weighted by atomic mass is 10.1. The number of aromatic nitrogens is 1. The summed E-state index contributed by atoms with van der Waals surface area (Å²) in [6, 6.07) is 1.14. The Morgan fingerprint density at radius 3 is 2.50 bits per heavy atom. The highest BCUT2D eigenvalue weighted by molar-refractivity contribution is 5.71. The summed E-state index contributed by atoms with van der Waals surface area (Å²) in [5.41, 5.74) is 10.7. The average Bonchev–Trinajstić information content (AvgIpc) is 2.19. The Balaban J connectivity index is 3.20. The van der Waals surface area contributed by atoms with Gasteiger partial charge in [-0.3, -0.25) is 4.79 Å². The molecule has 9 heteroatoms. The molecule has 0 amide bonds. The Labute approximate surface area is 99.4 Å². The molecule has 100 valence electrons. The van der Waals surface area contributed by atoms with Crippen molar-refractivity contribution in [2.75, 3.05) is 5.73 Å². The Hall–Kier alpha value is -2.03. The standard InChI is InChI=1S/C9H10F3N3O3/c10-9(11,12)18-8-4(2-6(16)17)1-5(3-13)7(14)15-8/h1H,2-3,13H2,(H2,14,15)(H,16,17). The van der Waals surface area contributed by atoms with Gasteiger partial charge in [0.2, 0.25) is 5.88 Å². The monoisotopic (exact) mass is 265 g/mol. The van der Waals surface area contributed by atoms with Crippen molar-refractivity contribution < 1.29 is 27.8 Å². The summed E-state index contributed by atoms with van der Waals surface area (Å²) >= 11 is 0. The number of ether oxygens (including phenoxy) is 1. The molecule has 0 atom stereocenters. The third kappa shape index (κ3) is 3.77. The first-order valence-electron chi connectivity index (χ1n) is 4.69. The number of carboxylic acid groups (broad SMARTS) is 1. The van der Waals surface area contributed by atoms with Crippen LogP contribution in [0.15, 0.2) is 6.07 Å². The molecule has 0 radical (unpaired) electrons. The molecule has 0 aliphatic carbocycles. The van der Waals surface area contributed by atoms with Gasteiger partial charge in [-0.25, -0.2) is 0 Å². The molecule has 5 N–H and O–H groups in total. The van der Waals surface area contributed by atoms with Crippen LogP contribution in [0, 0.1) is 0 Å². The summed E-state index contributed by atoms with van der Waals surface area (Å²) in [7, 11) is 0. The van der Waals surface area contributed by atoms with Crippen LogP contribution in [0.4, 0.5) is 19.0 Å². The second-order valence-corrected chi connectivity index (χ2v) is 3.32. The molecular formula is C9H10F3N3O3. The van der Waals surface area contributed by atoms with Gasteiger partial charge in [0.15, 0.2) is 0 Å². The van der Waals surface area contributed by atoms with Crippen molar-refractivity contribution in [1.29, 1.82) is 0 Å². The summed E-state index contributed by atoms with van der Waals surface area (Å²) in [4.78, 5) is 13.9. The van der Waals surface area contributed by atoms with Crippen molar-refractivity contribution in [3.63, 3.8) is 0 Å². The maximum Gasteiger partial charge on any atom is 0.574 e. The lowest BCUT2D eigenvalue weighted by Gasteiger charge is -2.13. The van der Waals surface area contributed by atoms with E-state index in [1.807, 2.05) is 0 Å². The van der Waals surface area contributed by atoms with Gasteiger partial charge in [-0.1, -0.05) is 0 Å². The quantitative estimate of drug-likeness (QED) is 0.736. The number of aliphatic carboxylic acids is 1. The molecule has 1 aromatic heterocycles. The van der Waals surface area contributed by atoms with Crippen LogP contribution in [0.2, 0.25) is 0 Å². The molecule has 0 fully saturated rings.